The van der Waals surface area contributed by atoms with Crippen molar-refractivity contribution in [1.29, 1.82) is 0 Å². The summed E-state index contributed by atoms with van der Waals surface area (Å²) in [5.41, 5.74) is -0.173. The molecule has 1 aliphatic rings. The maximum Gasteiger partial charge on any atom is 0.223 e. The summed E-state index contributed by atoms with van der Waals surface area (Å²) in [6.07, 6.45) is 2.13. The summed E-state index contributed by atoms with van der Waals surface area (Å²) < 4.78 is 0. The summed E-state index contributed by atoms with van der Waals surface area (Å²) in [4.78, 5) is 25.3. The summed E-state index contributed by atoms with van der Waals surface area (Å²) in [6, 6.07) is 0. The molecule has 0 bridgehead atoms. The van der Waals surface area contributed by atoms with Gasteiger partial charge in [0.15, 0.2) is 0 Å². The fourth-order valence-electron chi connectivity index (χ4n) is 2.09. The molecule has 0 spiro atoms. The second kappa shape index (κ2) is 5.52. The lowest BCUT2D eigenvalue weighted by Gasteiger charge is -2.33. The molecule has 0 aliphatic carbocycles. The third-order valence-corrected chi connectivity index (χ3v) is 3.02. The third kappa shape index (κ3) is 4.36. The molecule has 1 saturated heterocycles. The predicted octanol–water partition coefficient (Wildman–Crippen LogP) is 1.55. The molecule has 0 aromatic rings. The first-order valence-corrected chi connectivity index (χ1v) is 6.43. The highest BCUT2D eigenvalue weighted by Gasteiger charge is 2.28. The van der Waals surface area contributed by atoms with Crippen molar-refractivity contribution in [3.63, 3.8) is 0 Å². The van der Waals surface area contributed by atoms with E-state index in [0.717, 1.165) is 25.9 Å². The number of nitrogens with one attached hydrogen (secondary N) is 1. The van der Waals surface area contributed by atoms with Crippen LogP contribution in [0.25, 0.3) is 0 Å². The largest absolute Gasteiger partial charge is 0.351 e. The Bertz CT molecular complexity index is 286. The van der Waals surface area contributed by atoms with Crippen LogP contribution in [0, 0.1) is 5.92 Å². The molecule has 0 radical (unpaired) electrons. The van der Waals surface area contributed by atoms with Crippen LogP contribution in [-0.2, 0) is 9.59 Å². The van der Waals surface area contributed by atoms with E-state index in [1.807, 2.05) is 32.6 Å². The summed E-state index contributed by atoms with van der Waals surface area (Å²) >= 11 is 0. The van der Waals surface area contributed by atoms with Crippen LogP contribution in [0.3, 0.4) is 0 Å². The van der Waals surface area contributed by atoms with Crippen molar-refractivity contribution < 1.29 is 9.59 Å². The normalized spacial score (nSPS) is 18.0. The van der Waals surface area contributed by atoms with Gasteiger partial charge >= 0.3 is 0 Å². The van der Waals surface area contributed by atoms with Gasteiger partial charge in [0, 0.05) is 31.0 Å². The third-order valence-electron chi connectivity index (χ3n) is 3.02. The first-order chi connectivity index (χ1) is 7.83. The van der Waals surface area contributed by atoms with Crippen molar-refractivity contribution in [2.24, 2.45) is 5.92 Å². The van der Waals surface area contributed by atoms with E-state index in [1.165, 1.54) is 0 Å². The lowest BCUT2D eigenvalue weighted by atomic mass is 9.94. The maximum absolute atomic E-state index is 11.9. The van der Waals surface area contributed by atoms with Gasteiger partial charge in [-0.2, -0.15) is 0 Å². The van der Waals surface area contributed by atoms with Crippen molar-refractivity contribution in [3.8, 4) is 0 Å². The molecule has 2 amide bonds. The zero-order valence-electron chi connectivity index (χ0n) is 11.4. The van der Waals surface area contributed by atoms with Gasteiger partial charge in [0.25, 0.3) is 0 Å². The molecule has 0 aromatic carbocycles. The Kier molecular flexibility index (Phi) is 4.54. The second-order valence-corrected chi connectivity index (χ2v) is 5.75. The Balaban J connectivity index is 2.42. The Morgan fingerprint density at radius 2 is 1.76 bits per heavy atom. The lowest BCUT2D eigenvalue weighted by molar-refractivity contribution is -0.135. The average molecular weight is 240 g/mol. The van der Waals surface area contributed by atoms with E-state index in [9.17, 15) is 9.59 Å². The molecule has 4 nitrogen and oxygen atoms in total. The van der Waals surface area contributed by atoms with Crippen molar-refractivity contribution in [1.82, 2.24) is 10.2 Å². The average Bonchev–Trinajstić information content (AvgIpc) is 2.26. The molecular weight excluding hydrogens is 216 g/mol. The minimum Gasteiger partial charge on any atom is -0.351 e. The van der Waals surface area contributed by atoms with Gasteiger partial charge in [-0.3, -0.25) is 9.59 Å². The van der Waals surface area contributed by atoms with E-state index in [4.69, 9.17) is 0 Å². The fraction of sp³-hybridized carbons (Fsp3) is 0.846. The van der Waals surface area contributed by atoms with Crippen molar-refractivity contribution in [3.05, 3.63) is 0 Å². The molecule has 1 aliphatic heterocycles. The molecule has 1 N–H and O–H groups in total. The van der Waals surface area contributed by atoms with Crippen LogP contribution in [-0.4, -0.2) is 35.3 Å². The fourth-order valence-corrected chi connectivity index (χ4v) is 2.09. The lowest BCUT2D eigenvalue weighted by Crippen LogP contribution is -2.47. The molecule has 0 aromatic heterocycles. The molecular formula is C13H24N2O2. The Labute approximate surface area is 104 Å². The van der Waals surface area contributed by atoms with E-state index in [-0.39, 0.29) is 23.3 Å². The first kappa shape index (κ1) is 14.0. The molecule has 4 heteroatoms. The highest BCUT2D eigenvalue weighted by Crippen LogP contribution is 2.18. The summed E-state index contributed by atoms with van der Waals surface area (Å²) in [5, 5.41) is 3.00. The molecule has 1 rings (SSSR count). The van der Waals surface area contributed by atoms with Gasteiger partial charge in [0.2, 0.25) is 11.8 Å². The topological polar surface area (TPSA) is 49.4 Å². The Hall–Kier alpha value is -1.06. The predicted molar refractivity (Wildman–Crippen MR) is 67.5 cm³/mol. The summed E-state index contributed by atoms with van der Waals surface area (Å²) in [5.74, 6) is 0.385. The van der Waals surface area contributed by atoms with Crippen LogP contribution in [0.15, 0.2) is 0 Å². The van der Waals surface area contributed by atoms with Crippen LogP contribution < -0.4 is 5.32 Å². The standard InChI is InChI=1S/C13H24N2O2/c1-5-11(16)15-8-6-10(7-9-15)12(17)14-13(2,3)4/h10H,5-9H2,1-4H3,(H,14,17). The van der Waals surface area contributed by atoms with Gasteiger partial charge in [0.05, 0.1) is 0 Å². The zero-order chi connectivity index (χ0) is 13.1. The number of carbonyl (C=O) groups excluding carboxylic acids is 2. The molecule has 98 valence electrons. The van der Waals surface area contributed by atoms with Gasteiger partial charge in [0.1, 0.15) is 0 Å². The van der Waals surface area contributed by atoms with Gasteiger partial charge in [-0.1, -0.05) is 6.92 Å². The van der Waals surface area contributed by atoms with Gasteiger partial charge in [-0.25, -0.2) is 0 Å². The summed E-state index contributed by atoms with van der Waals surface area (Å²) in [6.45, 7) is 9.27. The quantitative estimate of drug-likeness (QED) is 0.796. The first-order valence-electron chi connectivity index (χ1n) is 6.43. The van der Waals surface area contributed by atoms with Gasteiger partial charge < -0.3 is 10.2 Å². The Morgan fingerprint density at radius 1 is 1.24 bits per heavy atom. The van der Waals surface area contributed by atoms with E-state index in [1.54, 1.807) is 0 Å². The summed E-state index contributed by atoms with van der Waals surface area (Å²) in [7, 11) is 0. The Morgan fingerprint density at radius 3 is 2.18 bits per heavy atom. The number of rotatable bonds is 2. The molecule has 1 fully saturated rings. The van der Waals surface area contributed by atoms with Crippen LogP contribution in [0.1, 0.15) is 47.0 Å². The van der Waals surface area contributed by atoms with Crippen molar-refractivity contribution >= 4 is 11.8 Å². The number of hydrogen-bond acceptors (Lipinski definition) is 2. The number of carbonyl (C=O) groups is 2. The number of amides is 2. The number of nitrogens with zero attached hydrogens (tertiary/aromatic N) is 1. The zero-order valence-corrected chi connectivity index (χ0v) is 11.4. The minimum absolute atomic E-state index is 0.0649. The van der Waals surface area contributed by atoms with Crippen molar-refractivity contribution in [2.75, 3.05) is 13.1 Å². The van der Waals surface area contributed by atoms with E-state index in [2.05, 4.69) is 5.32 Å². The molecule has 17 heavy (non-hydrogen) atoms. The van der Waals surface area contributed by atoms with Gasteiger partial charge in [-0.05, 0) is 33.6 Å². The van der Waals surface area contributed by atoms with Gasteiger partial charge in [-0.15, -0.1) is 0 Å². The van der Waals surface area contributed by atoms with Crippen molar-refractivity contribution in [2.45, 2.75) is 52.5 Å². The molecule has 0 saturated carbocycles. The van der Waals surface area contributed by atoms with Crippen LogP contribution in [0.2, 0.25) is 0 Å². The van der Waals surface area contributed by atoms with E-state index >= 15 is 0 Å². The van der Waals surface area contributed by atoms with E-state index in [0.29, 0.717) is 6.42 Å². The molecule has 0 unspecified atom stereocenters. The van der Waals surface area contributed by atoms with Crippen LogP contribution in [0.4, 0.5) is 0 Å². The highest BCUT2D eigenvalue weighted by molar-refractivity contribution is 5.80. The number of likely N-dealkylation sites (tertiary alicyclic amines) is 1. The smallest absolute Gasteiger partial charge is 0.223 e. The van der Waals surface area contributed by atoms with Crippen LogP contribution in [0.5, 0.6) is 0 Å². The number of hydrogen-bond donors (Lipinski definition) is 1. The second-order valence-electron chi connectivity index (χ2n) is 5.75. The van der Waals surface area contributed by atoms with E-state index < -0.39 is 0 Å². The monoisotopic (exact) mass is 240 g/mol. The maximum atomic E-state index is 11.9. The van der Waals surface area contributed by atoms with Crippen LogP contribution >= 0.6 is 0 Å². The molecule has 0 atom stereocenters. The highest BCUT2D eigenvalue weighted by atomic mass is 16.2. The SMILES string of the molecule is CCC(=O)N1CCC(C(=O)NC(C)(C)C)CC1. The number of piperidine rings is 1. The minimum atomic E-state index is -0.173. The molecule has 1 heterocycles.